The van der Waals surface area contributed by atoms with E-state index < -0.39 is 0 Å². The molecule has 0 heterocycles. The number of methoxy groups -OCH3 is 1. The van der Waals surface area contributed by atoms with Crippen molar-refractivity contribution in [3.8, 4) is 0 Å². The highest BCUT2D eigenvalue weighted by Crippen LogP contribution is 2.28. The normalized spacial score (nSPS) is 26.1. The number of hydrogen-bond donors (Lipinski definition) is 0. The third-order valence-corrected chi connectivity index (χ3v) is 4.69. The van der Waals surface area contributed by atoms with Gasteiger partial charge in [0, 0.05) is 18.4 Å². The molecule has 1 aliphatic rings. The first-order chi connectivity index (χ1) is 10.6. The van der Waals surface area contributed by atoms with E-state index in [1.54, 1.807) is 0 Å². The maximum atomic E-state index is 12.0. The topological polar surface area (TPSA) is 43.4 Å². The van der Waals surface area contributed by atoms with Crippen LogP contribution >= 0.6 is 0 Å². The van der Waals surface area contributed by atoms with E-state index in [9.17, 15) is 9.59 Å². The van der Waals surface area contributed by atoms with Gasteiger partial charge in [0.25, 0.3) is 0 Å². The van der Waals surface area contributed by atoms with Gasteiger partial charge in [0.2, 0.25) is 0 Å². The van der Waals surface area contributed by atoms with E-state index in [0.717, 1.165) is 31.3 Å². The molecule has 0 amide bonds. The fraction of sp³-hybridized carbons (Fsp3) is 0.789. The van der Waals surface area contributed by atoms with Crippen LogP contribution in [0.4, 0.5) is 0 Å². The molecule has 0 aromatic carbocycles. The second kappa shape index (κ2) is 10.6. The van der Waals surface area contributed by atoms with Crippen LogP contribution in [-0.2, 0) is 14.3 Å². The summed E-state index contributed by atoms with van der Waals surface area (Å²) in [5, 5.41) is 0. The van der Waals surface area contributed by atoms with Crippen molar-refractivity contribution in [1.29, 1.82) is 0 Å². The SMILES string of the molecule is CCCCCCC1/C=C(\C(=O)OC)CCCCC(=O)CC1C. The average Bonchev–Trinajstić information content (AvgIpc) is 2.51. The Labute approximate surface area is 135 Å². The Bertz CT molecular complexity index is 384. The fourth-order valence-electron chi connectivity index (χ4n) is 3.23. The minimum Gasteiger partial charge on any atom is -0.466 e. The van der Waals surface area contributed by atoms with Crippen molar-refractivity contribution in [2.24, 2.45) is 11.8 Å². The molecule has 0 aliphatic heterocycles. The number of unbranched alkanes of at least 4 members (excludes halogenated alkanes) is 3. The summed E-state index contributed by atoms with van der Waals surface area (Å²) in [5.74, 6) is 0.804. The molecule has 22 heavy (non-hydrogen) atoms. The summed E-state index contributed by atoms with van der Waals surface area (Å²) in [4.78, 5) is 24.0. The van der Waals surface area contributed by atoms with E-state index >= 15 is 0 Å². The quantitative estimate of drug-likeness (QED) is 0.521. The van der Waals surface area contributed by atoms with Gasteiger partial charge in [-0.3, -0.25) is 4.79 Å². The smallest absolute Gasteiger partial charge is 0.333 e. The van der Waals surface area contributed by atoms with Gasteiger partial charge < -0.3 is 4.74 Å². The summed E-state index contributed by atoms with van der Waals surface area (Å²) in [6, 6.07) is 0. The molecule has 0 bridgehead atoms. The van der Waals surface area contributed by atoms with E-state index in [1.807, 2.05) is 0 Å². The number of hydrogen-bond acceptors (Lipinski definition) is 3. The lowest BCUT2D eigenvalue weighted by Gasteiger charge is -2.23. The van der Waals surface area contributed by atoms with Crippen molar-refractivity contribution >= 4 is 11.8 Å². The van der Waals surface area contributed by atoms with Gasteiger partial charge in [-0.05, 0) is 37.5 Å². The van der Waals surface area contributed by atoms with E-state index in [2.05, 4.69) is 19.9 Å². The second-order valence-corrected chi connectivity index (χ2v) is 6.62. The molecular formula is C19H32O3. The summed E-state index contributed by atoms with van der Waals surface area (Å²) in [7, 11) is 1.45. The minimum absolute atomic E-state index is 0.197. The molecule has 0 fully saturated rings. The number of carbonyl (C=O) groups excluding carboxylic acids is 2. The molecule has 0 N–H and O–H groups in total. The van der Waals surface area contributed by atoms with Crippen LogP contribution in [0.1, 0.15) is 78.1 Å². The summed E-state index contributed by atoms with van der Waals surface area (Å²) in [6.07, 6.45) is 11.9. The monoisotopic (exact) mass is 308 g/mol. The molecule has 0 aromatic rings. The number of ether oxygens (including phenoxy) is 1. The first-order valence-electron chi connectivity index (χ1n) is 8.89. The lowest BCUT2D eigenvalue weighted by molar-refractivity contribution is -0.136. The number of rotatable bonds is 6. The van der Waals surface area contributed by atoms with Gasteiger partial charge in [0.1, 0.15) is 5.78 Å². The van der Waals surface area contributed by atoms with Gasteiger partial charge in [0.05, 0.1) is 7.11 Å². The fourth-order valence-corrected chi connectivity index (χ4v) is 3.23. The Morgan fingerprint density at radius 1 is 1.23 bits per heavy atom. The van der Waals surface area contributed by atoms with Gasteiger partial charge in [-0.1, -0.05) is 45.6 Å². The average molecular weight is 308 g/mol. The van der Waals surface area contributed by atoms with Crippen LogP contribution in [0.15, 0.2) is 11.6 Å². The first-order valence-corrected chi connectivity index (χ1v) is 8.89. The molecule has 3 nitrogen and oxygen atoms in total. The first kappa shape index (κ1) is 18.9. The van der Waals surface area contributed by atoms with Crippen LogP contribution in [-0.4, -0.2) is 18.9 Å². The van der Waals surface area contributed by atoms with Crippen LogP contribution in [0, 0.1) is 11.8 Å². The predicted molar refractivity (Wildman–Crippen MR) is 89.6 cm³/mol. The molecule has 1 rings (SSSR count). The molecule has 3 heteroatoms. The van der Waals surface area contributed by atoms with Gasteiger partial charge in [0.15, 0.2) is 0 Å². The second-order valence-electron chi connectivity index (χ2n) is 6.62. The van der Waals surface area contributed by atoms with Crippen molar-refractivity contribution in [3.05, 3.63) is 11.6 Å². The maximum Gasteiger partial charge on any atom is 0.333 e. The molecule has 0 saturated heterocycles. The Hall–Kier alpha value is -1.12. The van der Waals surface area contributed by atoms with E-state index in [-0.39, 0.29) is 5.97 Å². The number of esters is 1. The molecule has 0 radical (unpaired) electrons. The van der Waals surface area contributed by atoms with Gasteiger partial charge in [-0.25, -0.2) is 4.79 Å². The summed E-state index contributed by atoms with van der Waals surface area (Å²) >= 11 is 0. The summed E-state index contributed by atoms with van der Waals surface area (Å²) < 4.78 is 4.93. The predicted octanol–water partition coefficient (Wildman–Crippen LogP) is 4.84. The highest BCUT2D eigenvalue weighted by Gasteiger charge is 2.22. The zero-order chi connectivity index (χ0) is 16.4. The minimum atomic E-state index is -0.197. The third-order valence-electron chi connectivity index (χ3n) is 4.69. The van der Waals surface area contributed by atoms with Crippen LogP contribution in [0.3, 0.4) is 0 Å². The molecular weight excluding hydrogens is 276 g/mol. The maximum absolute atomic E-state index is 12.0. The molecule has 2 atom stereocenters. The van der Waals surface area contributed by atoms with Crippen molar-refractivity contribution in [2.75, 3.05) is 7.11 Å². The Morgan fingerprint density at radius 2 is 1.95 bits per heavy atom. The van der Waals surface area contributed by atoms with Crippen LogP contribution in [0.5, 0.6) is 0 Å². The Kier molecular flexibility index (Phi) is 9.10. The highest BCUT2D eigenvalue weighted by molar-refractivity contribution is 5.88. The number of ketones is 1. The van der Waals surface area contributed by atoms with Crippen LogP contribution in [0.2, 0.25) is 0 Å². The van der Waals surface area contributed by atoms with E-state index in [1.165, 1.54) is 32.8 Å². The Morgan fingerprint density at radius 3 is 2.64 bits per heavy atom. The van der Waals surface area contributed by atoms with E-state index in [4.69, 9.17) is 4.74 Å². The standard InChI is InChI=1S/C19H32O3/c1-4-5-6-7-10-16-14-17(19(21)22-3)11-8-9-12-18(20)13-15(16)2/h14-16H,4-13H2,1-3H3/b17-14-. The van der Waals surface area contributed by atoms with Crippen molar-refractivity contribution < 1.29 is 14.3 Å². The van der Waals surface area contributed by atoms with Gasteiger partial charge >= 0.3 is 5.97 Å². The number of Topliss-reactive ketones (excluding diaryl/α,β-unsaturated/α-hetero) is 1. The van der Waals surface area contributed by atoms with Crippen LogP contribution < -0.4 is 0 Å². The largest absolute Gasteiger partial charge is 0.466 e. The van der Waals surface area contributed by atoms with Gasteiger partial charge in [-0.15, -0.1) is 0 Å². The number of allylic oxidation sites excluding steroid dienone is 1. The Balaban J connectivity index is 2.82. The molecule has 1 aliphatic carbocycles. The van der Waals surface area contributed by atoms with Crippen molar-refractivity contribution in [3.63, 3.8) is 0 Å². The zero-order valence-corrected chi connectivity index (χ0v) is 14.5. The highest BCUT2D eigenvalue weighted by atomic mass is 16.5. The summed E-state index contributed by atoms with van der Waals surface area (Å²) in [5.41, 5.74) is 0.809. The van der Waals surface area contributed by atoms with E-state index in [0.29, 0.717) is 30.5 Å². The lowest BCUT2D eigenvalue weighted by Crippen LogP contribution is -2.18. The number of carbonyl (C=O) groups is 2. The molecule has 0 aromatic heterocycles. The molecule has 0 spiro atoms. The zero-order valence-electron chi connectivity index (χ0n) is 14.5. The van der Waals surface area contributed by atoms with Crippen LogP contribution in [0.25, 0.3) is 0 Å². The third kappa shape index (κ3) is 6.76. The van der Waals surface area contributed by atoms with Gasteiger partial charge in [-0.2, -0.15) is 0 Å². The lowest BCUT2D eigenvalue weighted by atomic mass is 9.82. The van der Waals surface area contributed by atoms with Crippen molar-refractivity contribution in [2.45, 2.75) is 78.1 Å². The molecule has 2 unspecified atom stereocenters. The summed E-state index contributed by atoms with van der Waals surface area (Å²) in [6.45, 7) is 4.36. The molecule has 126 valence electrons. The molecule has 0 saturated carbocycles. The van der Waals surface area contributed by atoms with Crippen molar-refractivity contribution in [1.82, 2.24) is 0 Å².